The second-order valence-electron chi connectivity index (χ2n) is 19.8. The molecule has 68 heavy (non-hydrogen) atoms. The van der Waals surface area contributed by atoms with Gasteiger partial charge in [-0.2, -0.15) is 24.3 Å². The smallest absolute Gasteiger partial charge is 0.136 e. The molecule has 3 aromatic heterocycles. The summed E-state index contributed by atoms with van der Waals surface area (Å²) < 4.78 is 13.5. The van der Waals surface area contributed by atoms with Crippen LogP contribution < -0.4 is 0 Å². The Bertz CT molecular complexity index is 4080. The van der Waals surface area contributed by atoms with Crippen LogP contribution in [-0.4, -0.2) is 18.5 Å². The molecule has 0 fully saturated rings. The van der Waals surface area contributed by atoms with Crippen molar-refractivity contribution in [3.63, 3.8) is 0 Å². The van der Waals surface area contributed by atoms with Crippen LogP contribution in [0.5, 0.6) is 0 Å². The Morgan fingerprint density at radius 2 is 1.18 bits per heavy atom. The minimum Gasteiger partial charge on any atom is -0.510 e. The molecular weight excluding hydrogens is 1010 g/mol. The van der Waals surface area contributed by atoms with Gasteiger partial charge in [0.05, 0.1) is 5.52 Å². The first-order valence-corrected chi connectivity index (χ1v) is 23.1. The van der Waals surface area contributed by atoms with Gasteiger partial charge in [-0.1, -0.05) is 174 Å². The number of aromatic nitrogens is 4. The summed E-state index contributed by atoms with van der Waals surface area (Å²) in [5.41, 5.74) is 13.6. The fourth-order valence-corrected chi connectivity index (χ4v) is 9.84. The van der Waals surface area contributed by atoms with Gasteiger partial charge < -0.3 is 18.0 Å². The number of hydrogen-bond acceptors (Lipinski definition) is 2. The van der Waals surface area contributed by atoms with Gasteiger partial charge in [-0.3, -0.25) is 0 Å². The van der Waals surface area contributed by atoms with Gasteiger partial charge >= 0.3 is 0 Å². The fraction of sp³-hybridized carbons (Fsp3) is 0.129. The average Bonchev–Trinajstić information content (AvgIpc) is 3.89. The van der Waals surface area contributed by atoms with Crippen molar-refractivity contribution in [2.45, 2.75) is 52.4 Å². The fourth-order valence-electron chi connectivity index (χ4n) is 9.84. The summed E-state index contributed by atoms with van der Waals surface area (Å²) in [4.78, 5) is 5.40. The zero-order valence-corrected chi connectivity index (χ0v) is 41.2. The van der Waals surface area contributed by atoms with Crippen LogP contribution >= 0.6 is 0 Å². The molecule has 0 aliphatic carbocycles. The molecule has 336 valence electrons. The Morgan fingerprint density at radius 1 is 0.500 bits per heavy atom. The maximum atomic E-state index is 6.71. The molecule has 0 saturated carbocycles. The van der Waals surface area contributed by atoms with Crippen molar-refractivity contribution in [3.8, 4) is 22.5 Å². The molecule has 0 N–H and O–H groups in total. The molecule has 1 aliphatic rings. The first kappa shape index (κ1) is 43.3. The van der Waals surface area contributed by atoms with Crippen molar-refractivity contribution in [1.29, 1.82) is 0 Å². The quantitative estimate of drug-likeness (QED) is 0.154. The van der Waals surface area contributed by atoms with Gasteiger partial charge in [-0.15, -0.1) is 29.1 Å². The molecule has 12 rings (SSSR count). The van der Waals surface area contributed by atoms with Crippen LogP contribution in [-0.2, 0) is 31.9 Å². The summed E-state index contributed by atoms with van der Waals surface area (Å²) in [5, 5.41) is 7.77. The summed E-state index contributed by atoms with van der Waals surface area (Å²) in [6.45, 7) is 13.8. The molecule has 0 spiro atoms. The van der Waals surface area contributed by atoms with E-state index in [4.69, 9.17) is 9.40 Å². The summed E-state index contributed by atoms with van der Waals surface area (Å²) >= 11 is 0. The zero-order chi connectivity index (χ0) is 45.6. The van der Waals surface area contributed by atoms with E-state index in [2.05, 4.69) is 237 Å². The van der Waals surface area contributed by atoms with Gasteiger partial charge in [0.25, 0.3) is 0 Å². The molecule has 0 saturated heterocycles. The number of hydrogen-bond donors (Lipinski definition) is 0. The van der Waals surface area contributed by atoms with Crippen LogP contribution in [0.4, 0.5) is 0 Å². The van der Waals surface area contributed by atoms with Gasteiger partial charge in [0.1, 0.15) is 5.65 Å². The molecule has 5 nitrogen and oxygen atoms in total. The molecule has 0 unspecified atom stereocenters. The van der Waals surface area contributed by atoms with Crippen LogP contribution in [0.1, 0.15) is 52.7 Å². The van der Waals surface area contributed by atoms with E-state index in [1.165, 1.54) is 16.7 Å². The van der Waals surface area contributed by atoms with E-state index in [0.717, 1.165) is 87.9 Å². The maximum absolute atomic E-state index is 6.71. The van der Waals surface area contributed by atoms with E-state index in [1.807, 2.05) is 18.2 Å². The van der Waals surface area contributed by atoms with Crippen molar-refractivity contribution < 1.29 is 25.5 Å². The number of pyridine rings is 1. The van der Waals surface area contributed by atoms with Crippen molar-refractivity contribution in [2.75, 3.05) is 0 Å². The topological polar surface area (TPSA) is 40.3 Å². The maximum Gasteiger partial charge on any atom is 0.136 e. The number of fused-ring (bicyclic) bond motifs is 23. The molecule has 10 bridgehead atoms. The second kappa shape index (κ2) is 16.5. The molecule has 0 atom stereocenters. The van der Waals surface area contributed by atoms with Crippen molar-refractivity contribution in [3.05, 3.63) is 212 Å². The third-order valence-electron chi connectivity index (χ3n) is 13.3. The van der Waals surface area contributed by atoms with Crippen LogP contribution in [0.2, 0.25) is 0 Å². The van der Waals surface area contributed by atoms with Gasteiger partial charge in [0.15, 0.2) is 0 Å². The van der Waals surface area contributed by atoms with Gasteiger partial charge in [-0.05, 0) is 101 Å². The van der Waals surface area contributed by atoms with Gasteiger partial charge in [-0.25, -0.2) is 4.98 Å². The minimum absolute atomic E-state index is 0. The van der Waals surface area contributed by atoms with Crippen LogP contribution in [0, 0.1) is 12.1 Å². The van der Waals surface area contributed by atoms with Crippen LogP contribution in [0.15, 0.2) is 193 Å². The summed E-state index contributed by atoms with van der Waals surface area (Å²) in [6.07, 6.45) is 2.23. The molecule has 0 amide bonds. The summed E-state index contributed by atoms with van der Waals surface area (Å²) in [7, 11) is 0. The third kappa shape index (κ3) is 7.37. The number of nitrogens with zero attached hydrogens (tertiary/aromatic N) is 4. The second-order valence-corrected chi connectivity index (χ2v) is 19.8. The molecule has 11 aromatic rings. The first-order chi connectivity index (χ1) is 32.5. The third-order valence-corrected chi connectivity index (χ3v) is 13.3. The molecule has 4 heterocycles. The Hall–Kier alpha value is -7.33. The summed E-state index contributed by atoms with van der Waals surface area (Å²) in [6, 6.07) is 72.7. The Labute approximate surface area is 410 Å². The predicted octanol–water partition coefficient (Wildman–Crippen LogP) is 16.4. The Kier molecular flexibility index (Phi) is 10.5. The number of para-hydroxylation sites is 3. The predicted molar refractivity (Wildman–Crippen MR) is 280 cm³/mol. The number of rotatable bonds is 1. The largest absolute Gasteiger partial charge is 0.510 e. The van der Waals surface area contributed by atoms with Gasteiger partial charge in [0, 0.05) is 49.5 Å². The van der Waals surface area contributed by atoms with Crippen LogP contribution in [0.25, 0.3) is 105 Å². The zero-order valence-electron chi connectivity index (χ0n) is 38.9. The summed E-state index contributed by atoms with van der Waals surface area (Å²) in [5.74, 6) is 0. The minimum atomic E-state index is -0.153. The van der Waals surface area contributed by atoms with E-state index in [0.29, 0.717) is 11.2 Å². The van der Waals surface area contributed by atoms with Crippen molar-refractivity contribution in [2.24, 2.45) is 0 Å². The van der Waals surface area contributed by atoms with E-state index in [-0.39, 0.29) is 31.9 Å². The molecule has 6 heteroatoms. The van der Waals surface area contributed by atoms with E-state index in [9.17, 15) is 0 Å². The normalized spacial score (nSPS) is 12.1. The van der Waals surface area contributed by atoms with Gasteiger partial charge in [0.2, 0.25) is 0 Å². The Morgan fingerprint density at radius 3 is 1.99 bits per heavy atom. The molecular formula is C62H49N4OPt-3. The van der Waals surface area contributed by atoms with Crippen molar-refractivity contribution >= 4 is 82.1 Å². The Balaban J connectivity index is 0.00000507. The first-order valence-electron chi connectivity index (χ1n) is 23.1. The molecule has 1 aliphatic heterocycles. The van der Waals surface area contributed by atoms with E-state index >= 15 is 0 Å². The average molecular weight is 1060 g/mol. The van der Waals surface area contributed by atoms with Crippen molar-refractivity contribution in [1.82, 2.24) is 18.5 Å². The van der Waals surface area contributed by atoms with Crippen LogP contribution in [0.3, 0.4) is 0 Å². The standard InChI is InChI=1S/C62H49N4O.Pt/c1-61(2,3)43-20-14-18-41(34-43)52-35-44(62(4,5)6)36-53-49-24-8-7-23-48(49)40-17-13-19-42(33-40)54-26-16-30-59(63-54)66-55-27-10-9-25-50(55)51-32-31-47(38-58(51)66)67-46-22-15-21-45(37-46)64-39-65(60(52)53)57-29-12-11-28-56(57)64;/h7-36,39H,1-6H3;/q-3;. The SMILES string of the molecule is CC(C)(C)c1cccc(-c2cc(C(C)(C)C)cc3c4ccccc4c4cccc(c4)c4cccc(n4)n4c5[c-]c(ccc5c5ccccc54)oc4[c-]c(ccc4)n4[cH-]n(c23)-c2ccccc2-4)c1.[Pt]. The number of benzene rings is 8. The van der Waals surface area contributed by atoms with E-state index < -0.39 is 0 Å². The van der Waals surface area contributed by atoms with E-state index in [1.54, 1.807) is 0 Å². The molecule has 0 radical (unpaired) electrons. The molecule has 8 aromatic carbocycles. The monoisotopic (exact) mass is 1060 g/mol. The number of imidazole rings is 1.